The molecule has 2 aromatic rings. The van der Waals surface area contributed by atoms with Gasteiger partial charge in [-0.1, -0.05) is 105 Å². The molecular weight excluding hydrogens is 697 g/mol. The summed E-state index contributed by atoms with van der Waals surface area (Å²) < 4.78 is 0. The number of hydrogen-bond acceptors (Lipinski definition) is 4. The van der Waals surface area contributed by atoms with E-state index in [4.69, 9.17) is 0 Å². The summed E-state index contributed by atoms with van der Waals surface area (Å²) in [5.41, 5.74) is 9.00. The summed E-state index contributed by atoms with van der Waals surface area (Å²) in [4.78, 5) is 0. The van der Waals surface area contributed by atoms with Crippen LogP contribution in [0.4, 0.5) is 0 Å². The first-order chi connectivity index (χ1) is 25.4. The third-order valence-corrected chi connectivity index (χ3v) is 20.2. The maximum absolute atomic E-state index is 12.3. The van der Waals surface area contributed by atoms with Crippen LogP contribution in [-0.4, -0.2) is 20.7 Å². The zero-order valence-electron chi connectivity index (χ0n) is 35.2. The average Bonchev–Trinajstić information content (AvgIpc) is 3.74. The number of rotatable bonds is 8. The van der Waals surface area contributed by atoms with Gasteiger partial charge in [-0.25, -0.2) is 0 Å². The predicted molar refractivity (Wildman–Crippen MR) is 231 cm³/mol. The van der Waals surface area contributed by atoms with Crippen molar-refractivity contribution in [3.8, 4) is 11.5 Å². The van der Waals surface area contributed by atoms with Crippen LogP contribution in [0.1, 0.15) is 192 Å². The molecule has 0 aromatic heterocycles. The topological polar surface area (TPSA) is 40.5 Å². The minimum Gasteiger partial charge on any atom is -0.507 e. The lowest BCUT2D eigenvalue weighted by Gasteiger charge is -2.61. The quantitative estimate of drug-likeness (QED) is 0.281. The van der Waals surface area contributed by atoms with Gasteiger partial charge in [0.25, 0.3) is 0 Å². The molecule has 11 rings (SSSR count). The molecule has 9 fully saturated rings. The number of thioether (sulfide) groups is 2. The van der Waals surface area contributed by atoms with Gasteiger partial charge in [0, 0.05) is 55.1 Å². The van der Waals surface area contributed by atoms with Gasteiger partial charge in [0.05, 0.1) is 0 Å². The number of benzene rings is 2. The molecule has 9 saturated carbocycles. The van der Waals surface area contributed by atoms with E-state index in [2.05, 4.69) is 103 Å². The molecule has 2 nitrogen and oxygen atoms in total. The lowest BCUT2D eigenvalue weighted by atomic mass is 9.43. The highest BCUT2D eigenvalue weighted by Gasteiger charge is 2.70. The molecule has 0 saturated heterocycles. The average molecular weight is 769 g/mol. The normalized spacial score (nSPS) is 39.8. The Kier molecular flexibility index (Phi) is 9.30. The van der Waals surface area contributed by atoms with Crippen LogP contribution in [0.3, 0.4) is 0 Å². The Morgan fingerprint density at radius 2 is 1.09 bits per heavy atom. The van der Waals surface area contributed by atoms with Crippen molar-refractivity contribution in [1.29, 1.82) is 0 Å². The summed E-state index contributed by atoms with van der Waals surface area (Å²) in [6.45, 7) is 19.3. The van der Waals surface area contributed by atoms with Crippen molar-refractivity contribution < 1.29 is 10.2 Å². The maximum atomic E-state index is 12.3. The highest BCUT2D eigenvalue weighted by Crippen LogP contribution is 2.77. The molecule has 9 aliphatic carbocycles. The molecule has 0 heterocycles. The van der Waals surface area contributed by atoms with Crippen LogP contribution in [0.5, 0.6) is 11.5 Å². The Hall–Kier alpha value is -1.26. The van der Waals surface area contributed by atoms with Gasteiger partial charge in [-0.2, -0.15) is 23.5 Å². The lowest BCUT2D eigenvalue weighted by Crippen LogP contribution is -2.53. The van der Waals surface area contributed by atoms with E-state index in [-0.39, 0.29) is 21.7 Å². The van der Waals surface area contributed by atoms with E-state index in [1.54, 1.807) is 0 Å². The van der Waals surface area contributed by atoms with Crippen LogP contribution >= 0.6 is 23.5 Å². The Morgan fingerprint density at radius 3 is 1.54 bits per heavy atom. The monoisotopic (exact) mass is 768 g/mol. The Labute approximate surface area is 337 Å². The molecular formula is C50H72O2S2. The molecule has 4 heteroatoms. The van der Waals surface area contributed by atoms with Gasteiger partial charge in [-0.3, -0.25) is 0 Å². The Balaban J connectivity index is 0.989. The van der Waals surface area contributed by atoms with Crippen LogP contribution < -0.4 is 0 Å². The minimum atomic E-state index is 0.0461. The highest BCUT2D eigenvalue weighted by molar-refractivity contribution is 8.03. The van der Waals surface area contributed by atoms with Gasteiger partial charge < -0.3 is 10.2 Å². The number of phenolic OH excluding ortho intramolecular Hbond substituents is 2. The summed E-state index contributed by atoms with van der Waals surface area (Å²) in [5, 5.41) is 25.7. The first-order valence-corrected chi connectivity index (χ1v) is 24.5. The summed E-state index contributed by atoms with van der Waals surface area (Å²) in [6, 6.07) is 9.67. The van der Waals surface area contributed by atoms with E-state index in [1.165, 1.54) is 136 Å². The highest BCUT2D eigenvalue weighted by atomic mass is 32.2. The number of aromatic hydroxyl groups is 2. The molecule has 0 spiro atoms. The second kappa shape index (κ2) is 13.1. The van der Waals surface area contributed by atoms with Crippen LogP contribution in [0, 0.1) is 34.5 Å². The third kappa shape index (κ3) is 6.34. The van der Waals surface area contributed by atoms with E-state index in [0.29, 0.717) is 32.8 Å². The van der Waals surface area contributed by atoms with E-state index >= 15 is 0 Å². The smallest absolute Gasteiger partial charge is 0.123 e. The second-order valence-corrected chi connectivity index (χ2v) is 25.7. The predicted octanol–water partition coefficient (Wildman–Crippen LogP) is 13.9. The molecule has 296 valence electrons. The minimum absolute atomic E-state index is 0.0461. The Morgan fingerprint density at radius 1 is 0.611 bits per heavy atom. The van der Waals surface area contributed by atoms with Crippen LogP contribution in [0.15, 0.2) is 24.3 Å². The SMILES string of the molecule is CC12CC3CC(C1)CC(c1cc(C(C)(C)C)cc(CSC4CCCCCCC4SCc4cc(C(C)(C)C)cc(C56CC7CC5(C)CC7C6)c4O)c1O)(C3)C2. The summed E-state index contributed by atoms with van der Waals surface area (Å²) in [6.07, 6.45) is 21.1. The molecule has 2 N–H and O–H groups in total. The van der Waals surface area contributed by atoms with Gasteiger partial charge in [0.2, 0.25) is 0 Å². The largest absolute Gasteiger partial charge is 0.507 e. The van der Waals surface area contributed by atoms with Crippen molar-refractivity contribution >= 4 is 23.5 Å². The first kappa shape index (κ1) is 38.3. The summed E-state index contributed by atoms with van der Waals surface area (Å²) >= 11 is 4.28. The van der Waals surface area contributed by atoms with E-state index in [1.807, 2.05) is 0 Å². The molecule has 2 aromatic carbocycles. The number of hydrogen-bond donors (Lipinski definition) is 2. The van der Waals surface area contributed by atoms with Crippen molar-refractivity contribution in [3.05, 3.63) is 57.6 Å². The van der Waals surface area contributed by atoms with Crippen LogP contribution in [-0.2, 0) is 33.2 Å². The molecule has 9 aliphatic rings. The van der Waals surface area contributed by atoms with Gasteiger partial charge in [0.15, 0.2) is 0 Å². The Bertz CT molecular complexity index is 1750. The van der Waals surface area contributed by atoms with Gasteiger partial charge in [-0.15, -0.1) is 0 Å². The zero-order valence-corrected chi connectivity index (χ0v) is 36.8. The molecule has 0 aliphatic heterocycles. The zero-order chi connectivity index (χ0) is 38.1. The van der Waals surface area contributed by atoms with Crippen molar-refractivity contribution in [3.63, 3.8) is 0 Å². The van der Waals surface area contributed by atoms with Crippen LogP contribution in [0.2, 0.25) is 0 Å². The van der Waals surface area contributed by atoms with Gasteiger partial charge >= 0.3 is 0 Å². The van der Waals surface area contributed by atoms with Crippen molar-refractivity contribution in [2.45, 2.75) is 202 Å². The first-order valence-electron chi connectivity index (χ1n) is 22.4. The molecule has 54 heavy (non-hydrogen) atoms. The summed E-state index contributed by atoms with van der Waals surface area (Å²) in [7, 11) is 0. The lowest BCUT2D eigenvalue weighted by molar-refractivity contribution is -0.0622. The third-order valence-electron chi connectivity index (χ3n) is 17.1. The van der Waals surface area contributed by atoms with E-state index in [9.17, 15) is 10.2 Å². The van der Waals surface area contributed by atoms with E-state index < -0.39 is 0 Å². The van der Waals surface area contributed by atoms with Crippen molar-refractivity contribution in [1.82, 2.24) is 0 Å². The molecule has 8 bridgehead atoms. The van der Waals surface area contributed by atoms with Gasteiger partial charge in [0.1, 0.15) is 11.5 Å². The summed E-state index contributed by atoms with van der Waals surface area (Å²) in [5.74, 6) is 6.46. The maximum Gasteiger partial charge on any atom is 0.123 e. The van der Waals surface area contributed by atoms with E-state index in [0.717, 1.165) is 35.2 Å². The van der Waals surface area contributed by atoms with Gasteiger partial charge in [-0.05, 0) is 134 Å². The second-order valence-electron chi connectivity index (χ2n) is 23.3. The molecule has 6 atom stereocenters. The van der Waals surface area contributed by atoms with Crippen molar-refractivity contribution in [2.75, 3.05) is 0 Å². The standard InChI is InChI=1S/C50H72O2S2/c1-45(2,3)37-16-33(43(51)39(18-37)49-22-31-15-32(23-49)21-47(7,20-31)30-49)28-53-41-13-11-9-10-12-14-42(41)54-29-34-17-38(46(4,5)6)19-40(44(34)52)50-26-35-24-48(50,8)25-36(35)27-50/h16-19,31-32,35-36,41-42,51-52H,9-15,20-30H2,1-8H3. The van der Waals surface area contributed by atoms with Crippen molar-refractivity contribution in [2.24, 2.45) is 34.5 Å². The fourth-order valence-electron chi connectivity index (χ4n) is 14.9. The molecule has 6 unspecified atom stereocenters. The molecule has 0 amide bonds. The van der Waals surface area contributed by atoms with Crippen LogP contribution in [0.25, 0.3) is 0 Å². The number of phenols is 2. The molecule has 0 radical (unpaired) electrons. The fourth-order valence-corrected chi connectivity index (χ4v) is 18.0. The fraction of sp³-hybridized carbons (Fsp3) is 0.760.